The topological polar surface area (TPSA) is 54.9 Å². The Morgan fingerprint density at radius 1 is 1.19 bits per heavy atom. The van der Waals surface area contributed by atoms with Gasteiger partial charge in [-0.05, 0) is 56.9 Å². The molecule has 0 spiro atoms. The maximum Gasteiger partial charge on any atom is 0.418 e. The summed E-state index contributed by atoms with van der Waals surface area (Å²) in [4.78, 5) is 10.6. The van der Waals surface area contributed by atoms with Crippen molar-refractivity contribution in [3.8, 4) is 5.88 Å². The van der Waals surface area contributed by atoms with Crippen LogP contribution in [-0.4, -0.2) is 54.4 Å². The van der Waals surface area contributed by atoms with Gasteiger partial charge >= 0.3 is 6.18 Å². The number of aliphatic imine (C=N–C) groups is 1. The van der Waals surface area contributed by atoms with Crippen molar-refractivity contribution in [2.24, 2.45) is 4.99 Å². The fourth-order valence-electron chi connectivity index (χ4n) is 3.93. The lowest BCUT2D eigenvalue weighted by molar-refractivity contribution is -0.137. The molecular formula is C22H22F4N4O. The van der Waals surface area contributed by atoms with Crippen molar-refractivity contribution >= 4 is 28.5 Å². The molecule has 1 fully saturated rings. The van der Waals surface area contributed by atoms with Gasteiger partial charge in [-0.15, -0.1) is 0 Å². The highest BCUT2D eigenvalue weighted by Crippen LogP contribution is 2.40. The highest BCUT2D eigenvalue weighted by Gasteiger charge is 2.37. The average molecular weight is 434 g/mol. The lowest BCUT2D eigenvalue weighted by Crippen LogP contribution is -2.32. The van der Waals surface area contributed by atoms with E-state index in [-0.39, 0.29) is 28.9 Å². The normalized spacial score (nSPS) is 17.5. The number of halogens is 4. The summed E-state index contributed by atoms with van der Waals surface area (Å²) in [6, 6.07) is 8.08. The molecule has 5 nitrogen and oxygen atoms in total. The van der Waals surface area contributed by atoms with Crippen molar-refractivity contribution < 1.29 is 22.7 Å². The van der Waals surface area contributed by atoms with Gasteiger partial charge in [-0.1, -0.05) is 0 Å². The molecule has 0 bridgehead atoms. The molecule has 0 amide bonds. The third-order valence-electron chi connectivity index (χ3n) is 5.64. The summed E-state index contributed by atoms with van der Waals surface area (Å²) >= 11 is 0. The minimum Gasteiger partial charge on any atom is -0.494 e. The van der Waals surface area contributed by atoms with Gasteiger partial charge in [0.1, 0.15) is 5.82 Å². The number of rotatable bonds is 4. The van der Waals surface area contributed by atoms with E-state index in [0.29, 0.717) is 24.0 Å². The quantitative estimate of drug-likeness (QED) is 0.453. The molecule has 164 valence electrons. The predicted molar refractivity (Wildman–Crippen MR) is 113 cm³/mol. The first-order valence-corrected chi connectivity index (χ1v) is 9.80. The van der Waals surface area contributed by atoms with Crippen LogP contribution >= 0.6 is 0 Å². The van der Waals surface area contributed by atoms with Gasteiger partial charge in [-0.25, -0.2) is 4.39 Å². The lowest BCUT2D eigenvalue weighted by atomic mass is 10.1. The summed E-state index contributed by atoms with van der Waals surface area (Å²) in [5.41, 5.74) is 0.171. The van der Waals surface area contributed by atoms with Gasteiger partial charge in [0.2, 0.25) is 0 Å². The first-order valence-electron chi connectivity index (χ1n) is 9.80. The Balaban J connectivity index is 1.68. The van der Waals surface area contributed by atoms with Crippen LogP contribution in [0, 0.1) is 5.82 Å². The Kier molecular flexibility index (Phi) is 5.38. The summed E-state index contributed by atoms with van der Waals surface area (Å²) in [6.07, 6.45) is -2.51. The lowest BCUT2D eigenvalue weighted by Gasteiger charge is -2.25. The smallest absolute Gasteiger partial charge is 0.418 e. The molecule has 1 aromatic heterocycles. The fourth-order valence-corrected chi connectivity index (χ4v) is 3.93. The van der Waals surface area contributed by atoms with Crippen LogP contribution in [0.2, 0.25) is 0 Å². The number of anilines is 1. The van der Waals surface area contributed by atoms with Crippen molar-refractivity contribution in [1.29, 1.82) is 0 Å². The molecule has 2 heterocycles. The highest BCUT2D eigenvalue weighted by atomic mass is 19.4. The molecule has 0 aliphatic carbocycles. The Labute approximate surface area is 176 Å². The number of nitrogens with zero attached hydrogens (tertiary/aromatic N) is 3. The van der Waals surface area contributed by atoms with E-state index in [1.807, 2.05) is 19.0 Å². The van der Waals surface area contributed by atoms with Crippen LogP contribution in [0.3, 0.4) is 0 Å². The van der Waals surface area contributed by atoms with E-state index in [1.54, 1.807) is 4.90 Å². The largest absolute Gasteiger partial charge is 0.494 e. The van der Waals surface area contributed by atoms with E-state index < -0.39 is 17.6 Å². The number of likely N-dealkylation sites (N-methyl/N-ethyl adjacent to an activating group) is 1. The van der Waals surface area contributed by atoms with Gasteiger partial charge in [-0.2, -0.15) is 13.2 Å². The number of H-pyrrole nitrogens is 1. The molecule has 1 saturated heterocycles. The van der Waals surface area contributed by atoms with Crippen molar-refractivity contribution in [2.45, 2.75) is 18.6 Å². The number of aromatic amines is 1. The number of aromatic nitrogens is 1. The van der Waals surface area contributed by atoms with Crippen LogP contribution in [0.5, 0.6) is 5.88 Å². The van der Waals surface area contributed by atoms with Gasteiger partial charge in [0.15, 0.2) is 5.88 Å². The summed E-state index contributed by atoms with van der Waals surface area (Å²) in [7, 11) is 3.84. The zero-order chi connectivity index (χ0) is 22.3. The minimum atomic E-state index is -4.54. The molecule has 1 aliphatic heterocycles. The molecular weight excluding hydrogens is 412 g/mol. The maximum absolute atomic E-state index is 13.8. The van der Waals surface area contributed by atoms with Crippen molar-refractivity contribution in [3.05, 3.63) is 53.3 Å². The van der Waals surface area contributed by atoms with E-state index in [2.05, 4.69) is 9.98 Å². The van der Waals surface area contributed by atoms with Crippen molar-refractivity contribution in [1.82, 2.24) is 9.88 Å². The fraction of sp³-hybridized carbons (Fsp3) is 0.318. The van der Waals surface area contributed by atoms with Gasteiger partial charge in [-0.3, -0.25) is 4.99 Å². The van der Waals surface area contributed by atoms with Gasteiger partial charge in [0, 0.05) is 41.9 Å². The molecule has 3 aromatic rings. The summed E-state index contributed by atoms with van der Waals surface area (Å²) in [6.45, 7) is 1.07. The zero-order valence-electron chi connectivity index (χ0n) is 17.0. The molecule has 9 heteroatoms. The first kappa shape index (κ1) is 21.2. The summed E-state index contributed by atoms with van der Waals surface area (Å²) < 4.78 is 54.9. The molecule has 0 saturated carbocycles. The molecule has 2 N–H and O–H groups in total. The molecule has 4 rings (SSSR count). The molecule has 31 heavy (non-hydrogen) atoms. The third kappa shape index (κ3) is 4.23. The number of nitrogens with one attached hydrogen (secondary N) is 1. The Morgan fingerprint density at radius 3 is 2.65 bits per heavy atom. The standard InChI is InChI=1S/C22H22F4N4O/c1-29(2)15-7-8-30(12-15)20-6-4-14(10-18(20)22(24,25)26)27-11-17-16-9-13(23)3-5-19(16)28-21(17)31/h3-6,9-11,15,28,31H,7-8,12H2,1-2H3. The second kappa shape index (κ2) is 7.88. The van der Waals surface area contributed by atoms with Crippen LogP contribution in [0.1, 0.15) is 17.5 Å². The second-order valence-corrected chi connectivity index (χ2v) is 7.89. The van der Waals surface area contributed by atoms with Crippen LogP contribution in [0.15, 0.2) is 41.4 Å². The van der Waals surface area contributed by atoms with Crippen LogP contribution in [-0.2, 0) is 6.18 Å². The predicted octanol–water partition coefficient (Wildman–Crippen LogP) is 4.92. The van der Waals surface area contributed by atoms with Crippen molar-refractivity contribution in [3.63, 3.8) is 0 Å². The number of hydrogen-bond donors (Lipinski definition) is 2. The van der Waals surface area contributed by atoms with E-state index in [0.717, 1.165) is 12.5 Å². The third-order valence-corrected chi connectivity index (χ3v) is 5.64. The SMILES string of the molecule is CN(C)C1CCN(c2ccc(N=Cc3c(O)[nH]c4ccc(F)cc34)cc2C(F)(F)F)C1. The molecule has 2 aromatic carbocycles. The van der Waals surface area contributed by atoms with Crippen molar-refractivity contribution in [2.75, 3.05) is 32.1 Å². The zero-order valence-corrected chi connectivity index (χ0v) is 17.0. The molecule has 1 atom stereocenters. The first-order chi connectivity index (χ1) is 14.6. The van der Waals surface area contributed by atoms with Gasteiger partial charge in [0.05, 0.1) is 16.8 Å². The minimum absolute atomic E-state index is 0.0876. The number of alkyl halides is 3. The van der Waals surface area contributed by atoms with Crippen LogP contribution < -0.4 is 4.90 Å². The molecule has 0 radical (unpaired) electrons. The van der Waals surface area contributed by atoms with Crippen LogP contribution in [0.4, 0.5) is 28.9 Å². The second-order valence-electron chi connectivity index (χ2n) is 7.89. The monoisotopic (exact) mass is 434 g/mol. The highest BCUT2D eigenvalue weighted by molar-refractivity contribution is 6.02. The van der Waals surface area contributed by atoms with E-state index in [9.17, 15) is 22.7 Å². The van der Waals surface area contributed by atoms with Gasteiger partial charge < -0.3 is 19.9 Å². The van der Waals surface area contributed by atoms with E-state index in [1.165, 1.54) is 36.5 Å². The number of hydrogen-bond acceptors (Lipinski definition) is 4. The Bertz CT molecular complexity index is 1140. The number of aromatic hydroxyl groups is 1. The summed E-state index contributed by atoms with van der Waals surface area (Å²) in [5.74, 6) is -0.727. The number of fused-ring (bicyclic) bond motifs is 1. The number of benzene rings is 2. The maximum atomic E-state index is 13.8. The Morgan fingerprint density at radius 2 is 1.97 bits per heavy atom. The molecule has 1 aliphatic rings. The van der Waals surface area contributed by atoms with Crippen LogP contribution in [0.25, 0.3) is 10.9 Å². The van der Waals surface area contributed by atoms with Gasteiger partial charge in [0.25, 0.3) is 0 Å². The van der Waals surface area contributed by atoms with E-state index in [4.69, 9.17) is 0 Å². The molecule has 1 unspecified atom stereocenters. The average Bonchev–Trinajstić information content (AvgIpc) is 3.30. The summed E-state index contributed by atoms with van der Waals surface area (Å²) in [5, 5.41) is 10.5. The Hall–Kier alpha value is -3.07. The van der Waals surface area contributed by atoms with E-state index >= 15 is 0 Å².